The lowest BCUT2D eigenvalue weighted by molar-refractivity contribution is 0.112. The highest BCUT2D eigenvalue weighted by molar-refractivity contribution is 7.62. The third kappa shape index (κ3) is 6.11. The fourth-order valence-corrected chi connectivity index (χ4v) is 3.63. The molecule has 0 heterocycles. The molecule has 0 aliphatic rings. The normalized spacial score (nSPS) is 10.6. The largest absolute Gasteiger partial charge is 0.362 e. The molecule has 2 aromatic carbocycles. The van der Waals surface area contributed by atoms with Crippen LogP contribution in [0.2, 0.25) is 0 Å². The lowest BCUT2D eigenvalue weighted by atomic mass is 10.2. The Balaban J connectivity index is 0.000000313. The first-order valence-corrected chi connectivity index (χ1v) is 9.07. The highest BCUT2D eigenvalue weighted by atomic mass is 31.2. The van der Waals surface area contributed by atoms with Crippen LogP contribution in [-0.2, 0) is 13.6 Å². The van der Waals surface area contributed by atoms with Gasteiger partial charge in [0, 0.05) is 5.56 Å². The Morgan fingerprint density at radius 1 is 0.913 bits per heavy atom. The lowest BCUT2D eigenvalue weighted by Crippen LogP contribution is -2.15. The van der Waals surface area contributed by atoms with Crippen molar-refractivity contribution in [2.24, 2.45) is 0 Å². The second-order valence-electron chi connectivity index (χ2n) is 4.66. The summed E-state index contributed by atoms with van der Waals surface area (Å²) in [4.78, 5) is 10.9. The minimum absolute atomic E-state index is 0.268. The molecule has 23 heavy (non-hydrogen) atoms. The van der Waals surface area contributed by atoms with Crippen molar-refractivity contribution >= 4 is 19.2 Å². The molecule has 0 aromatic heterocycles. The number of benzene rings is 2. The first kappa shape index (κ1) is 19.3. The smallest absolute Gasteiger partial charge is 0.305 e. The van der Waals surface area contributed by atoms with Gasteiger partial charge in [-0.2, -0.15) is 0 Å². The van der Waals surface area contributed by atoms with E-state index < -0.39 is 7.60 Å². The molecule has 0 aliphatic heterocycles. The molecule has 2 rings (SSSR count). The molecule has 0 saturated carbocycles. The fraction of sp³-hybridized carbons (Fsp3) is 0.278. The van der Waals surface area contributed by atoms with E-state index in [0.717, 1.165) is 0 Å². The van der Waals surface area contributed by atoms with Gasteiger partial charge in [0.25, 0.3) is 0 Å². The standard InChI is InChI=1S/C11H15O4P.C7H8/c1-3-14-16(13,15-4-2)11-8-6-5-7-10(11)9-12;1-7-5-3-2-4-6-7/h5-9H,3-4H2,1-2H3;2-6H,1H3. The third-order valence-electron chi connectivity index (χ3n) is 2.90. The Morgan fingerprint density at radius 3 is 1.87 bits per heavy atom. The van der Waals surface area contributed by atoms with E-state index in [9.17, 15) is 9.36 Å². The van der Waals surface area contributed by atoms with Gasteiger partial charge in [-0.1, -0.05) is 54.1 Å². The number of aldehydes is 1. The quantitative estimate of drug-likeness (QED) is 0.581. The molecule has 0 spiro atoms. The van der Waals surface area contributed by atoms with Crippen molar-refractivity contribution in [2.45, 2.75) is 20.8 Å². The number of carbonyl (C=O) groups excluding carboxylic acids is 1. The maximum absolute atomic E-state index is 12.4. The van der Waals surface area contributed by atoms with Crippen LogP contribution in [0.25, 0.3) is 0 Å². The number of carbonyl (C=O) groups is 1. The Kier molecular flexibility index (Phi) is 8.49. The van der Waals surface area contributed by atoms with Gasteiger partial charge in [0.2, 0.25) is 0 Å². The average molecular weight is 334 g/mol. The molecule has 2 aromatic rings. The summed E-state index contributed by atoms with van der Waals surface area (Å²) in [5, 5.41) is 0.328. The van der Waals surface area contributed by atoms with E-state index in [4.69, 9.17) is 9.05 Å². The fourth-order valence-electron chi connectivity index (χ4n) is 1.89. The first-order valence-electron chi connectivity index (χ1n) is 7.53. The van der Waals surface area contributed by atoms with Crippen LogP contribution in [0.3, 0.4) is 0 Å². The number of aryl methyl sites for hydroxylation is 1. The summed E-state index contributed by atoms with van der Waals surface area (Å²) >= 11 is 0. The zero-order valence-electron chi connectivity index (χ0n) is 13.8. The molecule has 5 heteroatoms. The van der Waals surface area contributed by atoms with Crippen LogP contribution >= 0.6 is 7.60 Å². The van der Waals surface area contributed by atoms with Crippen molar-refractivity contribution in [1.82, 2.24) is 0 Å². The number of hydrogen-bond acceptors (Lipinski definition) is 4. The molecule has 0 fully saturated rings. The molecule has 124 valence electrons. The first-order chi connectivity index (χ1) is 11.1. The number of rotatable bonds is 6. The Labute approximate surface area is 138 Å². The summed E-state index contributed by atoms with van der Waals surface area (Å²) in [6.07, 6.45) is 0.653. The van der Waals surface area contributed by atoms with Crippen LogP contribution in [0.15, 0.2) is 54.6 Å². The summed E-state index contributed by atoms with van der Waals surface area (Å²) in [7, 11) is -3.36. The second-order valence-corrected chi connectivity index (χ2v) is 6.66. The second kappa shape index (κ2) is 10.1. The van der Waals surface area contributed by atoms with Crippen molar-refractivity contribution < 1.29 is 18.4 Å². The van der Waals surface area contributed by atoms with Gasteiger partial charge in [0.15, 0.2) is 6.29 Å². The molecule has 0 radical (unpaired) electrons. The van der Waals surface area contributed by atoms with Gasteiger partial charge in [-0.3, -0.25) is 9.36 Å². The van der Waals surface area contributed by atoms with E-state index >= 15 is 0 Å². The van der Waals surface area contributed by atoms with E-state index in [-0.39, 0.29) is 13.2 Å². The monoisotopic (exact) mass is 334 g/mol. The van der Waals surface area contributed by atoms with Crippen LogP contribution in [0.5, 0.6) is 0 Å². The van der Waals surface area contributed by atoms with Crippen LogP contribution in [-0.4, -0.2) is 19.5 Å². The van der Waals surface area contributed by atoms with Gasteiger partial charge in [-0.05, 0) is 26.8 Å². The van der Waals surface area contributed by atoms with Crippen LogP contribution in [0.1, 0.15) is 29.8 Å². The average Bonchev–Trinajstić information content (AvgIpc) is 2.56. The highest BCUT2D eigenvalue weighted by Crippen LogP contribution is 2.47. The summed E-state index contributed by atoms with van der Waals surface area (Å²) < 4.78 is 22.7. The van der Waals surface area contributed by atoms with E-state index in [0.29, 0.717) is 17.2 Å². The predicted octanol–water partition coefficient (Wildman–Crippen LogP) is 4.39. The predicted molar refractivity (Wildman–Crippen MR) is 93.5 cm³/mol. The third-order valence-corrected chi connectivity index (χ3v) is 5.09. The SMILES string of the molecule is CCOP(=O)(OCC)c1ccccc1C=O.Cc1ccccc1. The lowest BCUT2D eigenvalue weighted by Gasteiger charge is -2.18. The van der Waals surface area contributed by atoms with E-state index in [1.54, 1.807) is 38.1 Å². The summed E-state index contributed by atoms with van der Waals surface area (Å²) in [6, 6.07) is 16.9. The molecule has 0 unspecified atom stereocenters. The van der Waals surface area contributed by atoms with Crippen molar-refractivity contribution in [3.63, 3.8) is 0 Å². The molecule has 0 aliphatic carbocycles. The maximum Gasteiger partial charge on any atom is 0.362 e. The van der Waals surface area contributed by atoms with E-state index in [1.807, 2.05) is 18.2 Å². The Bertz CT molecular complexity index is 630. The van der Waals surface area contributed by atoms with E-state index in [2.05, 4.69) is 19.1 Å². The summed E-state index contributed by atoms with van der Waals surface area (Å²) in [6.45, 7) is 6.08. The zero-order chi connectivity index (χ0) is 17.1. The zero-order valence-corrected chi connectivity index (χ0v) is 14.7. The van der Waals surface area contributed by atoms with Crippen molar-refractivity contribution in [2.75, 3.05) is 13.2 Å². The van der Waals surface area contributed by atoms with Gasteiger partial charge in [0.1, 0.15) is 0 Å². The van der Waals surface area contributed by atoms with Gasteiger partial charge in [0.05, 0.1) is 18.5 Å². The maximum atomic E-state index is 12.4. The summed E-state index contributed by atoms with van der Waals surface area (Å²) in [5.74, 6) is 0. The minimum Gasteiger partial charge on any atom is -0.305 e. The molecule has 0 bridgehead atoms. The highest BCUT2D eigenvalue weighted by Gasteiger charge is 2.28. The molecule has 0 amide bonds. The minimum atomic E-state index is -3.36. The van der Waals surface area contributed by atoms with Crippen molar-refractivity contribution in [3.05, 3.63) is 65.7 Å². The van der Waals surface area contributed by atoms with Gasteiger partial charge in [-0.25, -0.2) is 0 Å². The Hall–Kier alpha value is -1.74. The van der Waals surface area contributed by atoms with Gasteiger partial charge < -0.3 is 9.05 Å². The van der Waals surface area contributed by atoms with Crippen LogP contribution in [0.4, 0.5) is 0 Å². The van der Waals surface area contributed by atoms with Crippen molar-refractivity contribution in [1.29, 1.82) is 0 Å². The van der Waals surface area contributed by atoms with Gasteiger partial charge in [-0.15, -0.1) is 0 Å². The molecule has 0 saturated heterocycles. The van der Waals surface area contributed by atoms with Crippen LogP contribution in [0, 0.1) is 6.92 Å². The topological polar surface area (TPSA) is 52.6 Å². The van der Waals surface area contributed by atoms with Gasteiger partial charge >= 0.3 is 7.60 Å². The molecule has 0 atom stereocenters. The molecular formula is C18H23O4P. The molecule has 0 N–H and O–H groups in total. The Morgan fingerprint density at radius 2 is 1.43 bits per heavy atom. The van der Waals surface area contributed by atoms with E-state index in [1.165, 1.54) is 5.56 Å². The number of hydrogen-bond donors (Lipinski definition) is 0. The molecule has 4 nitrogen and oxygen atoms in total. The molecular weight excluding hydrogens is 311 g/mol. The van der Waals surface area contributed by atoms with Crippen molar-refractivity contribution in [3.8, 4) is 0 Å². The van der Waals surface area contributed by atoms with Crippen LogP contribution < -0.4 is 5.30 Å². The summed E-state index contributed by atoms with van der Waals surface area (Å²) in [5.41, 5.74) is 1.66.